The van der Waals surface area contributed by atoms with Crippen LogP contribution >= 0.6 is 22.6 Å². The average molecular weight is 298 g/mol. The van der Waals surface area contributed by atoms with Crippen molar-refractivity contribution in [2.45, 2.75) is 44.8 Å². The highest BCUT2D eigenvalue weighted by Gasteiger charge is 2.19. The molecule has 2 nitrogen and oxygen atoms in total. The van der Waals surface area contributed by atoms with Gasteiger partial charge in [0, 0.05) is 4.43 Å². The molecule has 0 aromatic rings. The molecule has 1 saturated carbocycles. The Morgan fingerprint density at radius 2 is 2.00 bits per heavy atom. The van der Waals surface area contributed by atoms with Crippen molar-refractivity contribution >= 4 is 22.6 Å². The van der Waals surface area contributed by atoms with E-state index >= 15 is 0 Å². The second-order valence-corrected chi connectivity index (χ2v) is 4.93. The molecule has 0 heterocycles. The lowest BCUT2D eigenvalue weighted by molar-refractivity contribution is -0.0644. The maximum atomic E-state index is 5.67. The topological polar surface area (TPSA) is 18.5 Å². The minimum atomic E-state index is 0.00351. The van der Waals surface area contributed by atoms with Crippen LogP contribution in [0.1, 0.15) is 33.1 Å². The molecule has 1 fully saturated rings. The van der Waals surface area contributed by atoms with Gasteiger partial charge in [-0.3, -0.25) is 0 Å². The lowest BCUT2D eigenvalue weighted by Crippen LogP contribution is -2.29. The van der Waals surface area contributed by atoms with Gasteiger partial charge in [0.25, 0.3) is 0 Å². The summed E-state index contributed by atoms with van der Waals surface area (Å²) in [6.07, 6.45) is 4.36. The second-order valence-electron chi connectivity index (χ2n) is 4.17. The fourth-order valence-corrected chi connectivity index (χ4v) is 1.33. The number of halogens is 1. The Morgan fingerprint density at radius 1 is 1.31 bits per heavy atom. The van der Waals surface area contributed by atoms with E-state index in [1.165, 1.54) is 19.3 Å². The van der Waals surface area contributed by atoms with Crippen LogP contribution in [0.5, 0.6) is 0 Å². The van der Waals surface area contributed by atoms with Crippen molar-refractivity contribution in [2.75, 3.05) is 17.6 Å². The molecule has 0 radical (unpaired) electrons. The normalized spacial score (nSPS) is 18.7. The van der Waals surface area contributed by atoms with Crippen LogP contribution < -0.4 is 0 Å². The lowest BCUT2D eigenvalue weighted by Gasteiger charge is -2.27. The molecule has 0 aromatic carbocycles. The zero-order chi connectivity index (χ0) is 9.73. The molecule has 0 saturated heterocycles. The van der Waals surface area contributed by atoms with Crippen molar-refractivity contribution in [3.8, 4) is 0 Å². The van der Waals surface area contributed by atoms with Crippen molar-refractivity contribution in [3.63, 3.8) is 0 Å². The standard InChI is InChI=1S/C10H19IO2/c1-10(2,8-11)13-7-6-12-9-4-3-5-9/h9H,3-8H2,1-2H3. The van der Waals surface area contributed by atoms with E-state index in [0.717, 1.165) is 17.6 Å². The lowest BCUT2D eigenvalue weighted by atomic mass is 9.96. The molecule has 0 unspecified atom stereocenters. The first-order chi connectivity index (χ1) is 6.14. The van der Waals surface area contributed by atoms with Crippen LogP contribution in [-0.2, 0) is 9.47 Å². The monoisotopic (exact) mass is 298 g/mol. The summed E-state index contributed by atoms with van der Waals surface area (Å²) >= 11 is 2.35. The highest BCUT2D eigenvalue weighted by atomic mass is 127. The van der Waals surface area contributed by atoms with E-state index in [0.29, 0.717) is 6.10 Å². The summed E-state index contributed by atoms with van der Waals surface area (Å²) < 4.78 is 12.3. The predicted molar refractivity (Wildman–Crippen MR) is 62.5 cm³/mol. The highest BCUT2D eigenvalue weighted by Crippen LogP contribution is 2.21. The smallest absolute Gasteiger partial charge is 0.0716 e. The van der Waals surface area contributed by atoms with E-state index in [4.69, 9.17) is 9.47 Å². The van der Waals surface area contributed by atoms with Gasteiger partial charge < -0.3 is 9.47 Å². The zero-order valence-electron chi connectivity index (χ0n) is 8.51. The minimum absolute atomic E-state index is 0.00351. The van der Waals surface area contributed by atoms with Gasteiger partial charge in [-0.2, -0.15) is 0 Å². The van der Waals surface area contributed by atoms with Gasteiger partial charge in [-0.1, -0.05) is 22.6 Å². The first-order valence-electron chi connectivity index (χ1n) is 4.95. The van der Waals surface area contributed by atoms with Gasteiger partial charge in [0.2, 0.25) is 0 Å². The summed E-state index contributed by atoms with van der Waals surface area (Å²) in [5.41, 5.74) is 0.00351. The molecular weight excluding hydrogens is 279 g/mol. The maximum Gasteiger partial charge on any atom is 0.0716 e. The third-order valence-corrected chi connectivity index (χ3v) is 4.14. The first kappa shape index (κ1) is 11.7. The molecule has 0 aliphatic heterocycles. The van der Waals surface area contributed by atoms with E-state index in [2.05, 4.69) is 36.4 Å². The van der Waals surface area contributed by atoms with Crippen molar-refractivity contribution < 1.29 is 9.47 Å². The first-order valence-corrected chi connectivity index (χ1v) is 6.48. The van der Waals surface area contributed by atoms with Gasteiger partial charge >= 0.3 is 0 Å². The summed E-state index contributed by atoms with van der Waals surface area (Å²) in [7, 11) is 0. The van der Waals surface area contributed by atoms with Gasteiger partial charge in [0.05, 0.1) is 24.9 Å². The van der Waals surface area contributed by atoms with Crippen molar-refractivity contribution in [1.29, 1.82) is 0 Å². The van der Waals surface area contributed by atoms with Gasteiger partial charge in [-0.05, 0) is 33.1 Å². The van der Waals surface area contributed by atoms with Crippen LogP contribution in [-0.4, -0.2) is 29.3 Å². The number of hydrogen-bond donors (Lipinski definition) is 0. The summed E-state index contributed by atoms with van der Waals surface area (Å²) in [6, 6.07) is 0. The largest absolute Gasteiger partial charge is 0.376 e. The maximum absolute atomic E-state index is 5.67. The van der Waals surface area contributed by atoms with Crippen LogP contribution in [0.3, 0.4) is 0 Å². The molecule has 0 N–H and O–H groups in total. The number of alkyl halides is 1. The van der Waals surface area contributed by atoms with Crippen LogP contribution in [0.15, 0.2) is 0 Å². The fraction of sp³-hybridized carbons (Fsp3) is 1.00. The van der Waals surface area contributed by atoms with E-state index < -0.39 is 0 Å². The average Bonchev–Trinajstić information content (AvgIpc) is 2.01. The Morgan fingerprint density at radius 3 is 2.46 bits per heavy atom. The minimum Gasteiger partial charge on any atom is -0.376 e. The van der Waals surface area contributed by atoms with Crippen molar-refractivity contribution in [1.82, 2.24) is 0 Å². The number of rotatable bonds is 6. The summed E-state index contributed by atoms with van der Waals surface area (Å²) in [4.78, 5) is 0. The van der Waals surface area contributed by atoms with Crippen LogP contribution in [0.25, 0.3) is 0 Å². The number of hydrogen-bond acceptors (Lipinski definition) is 2. The molecule has 0 bridgehead atoms. The molecule has 0 amide bonds. The van der Waals surface area contributed by atoms with Crippen LogP contribution in [0.2, 0.25) is 0 Å². The summed E-state index contributed by atoms with van der Waals surface area (Å²) in [5.74, 6) is 0. The van der Waals surface area contributed by atoms with Crippen molar-refractivity contribution in [2.24, 2.45) is 0 Å². The van der Waals surface area contributed by atoms with Gasteiger partial charge in [0.15, 0.2) is 0 Å². The number of ether oxygens (including phenoxy) is 2. The van der Waals surface area contributed by atoms with E-state index in [-0.39, 0.29) is 5.60 Å². The molecule has 1 rings (SSSR count). The Labute approximate surface area is 94.5 Å². The molecule has 0 atom stereocenters. The molecule has 13 heavy (non-hydrogen) atoms. The highest BCUT2D eigenvalue weighted by molar-refractivity contribution is 14.1. The Bertz CT molecular complexity index is 144. The van der Waals surface area contributed by atoms with Crippen LogP contribution in [0.4, 0.5) is 0 Å². The van der Waals surface area contributed by atoms with Crippen LogP contribution in [0, 0.1) is 0 Å². The van der Waals surface area contributed by atoms with E-state index in [1.807, 2.05) is 0 Å². The van der Waals surface area contributed by atoms with Gasteiger partial charge in [-0.25, -0.2) is 0 Å². The molecule has 78 valence electrons. The van der Waals surface area contributed by atoms with Gasteiger partial charge in [0.1, 0.15) is 0 Å². The summed E-state index contributed by atoms with van der Waals surface area (Å²) in [6.45, 7) is 5.71. The Hall–Kier alpha value is 0.650. The molecule has 3 heteroatoms. The molecule has 0 aromatic heterocycles. The molecule has 1 aliphatic rings. The van der Waals surface area contributed by atoms with E-state index in [1.54, 1.807) is 0 Å². The fourth-order valence-electron chi connectivity index (χ4n) is 1.11. The quantitative estimate of drug-likeness (QED) is 0.426. The summed E-state index contributed by atoms with van der Waals surface area (Å²) in [5, 5.41) is 0. The Balaban J connectivity index is 1.93. The van der Waals surface area contributed by atoms with Gasteiger partial charge in [-0.15, -0.1) is 0 Å². The molecular formula is C10H19IO2. The third kappa shape index (κ3) is 4.61. The third-order valence-electron chi connectivity index (χ3n) is 2.30. The van der Waals surface area contributed by atoms with Crippen molar-refractivity contribution in [3.05, 3.63) is 0 Å². The second kappa shape index (κ2) is 5.51. The van der Waals surface area contributed by atoms with E-state index in [9.17, 15) is 0 Å². The predicted octanol–water partition coefficient (Wildman–Crippen LogP) is 2.79. The zero-order valence-corrected chi connectivity index (χ0v) is 10.7. The molecule has 0 spiro atoms. The molecule has 1 aliphatic carbocycles. The SMILES string of the molecule is CC(C)(CI)OCCOC1CCC1. The Kier molecular flexibility index (Phi) is 4.97.